The Labute approximate surface area is 129 Å². The van der Waals surface area contributed by atoms with Crippen molar-refractivity contribution in [2.24, 2.45) is 0 Å². The quantitative estimate of drug-likeness (QED) is 0.761. The maximum atomic E-state index is 11.9. The second-order valence-corrected chi connectivity index (χ2v) is 6.76. The number of nitrogens with zero attached hydrogens (tertiary/aromatic N) is 1. The highest BCUT2D eigenvalue weighted by Crippen LogP contribution is 2.34. The molecule has 0 fully saturated rings. The molecule has 0 spiro atoms. The third-order valence-electron chi connectivity index (χ3n) is 3.05. The molecule has 1 aliphatic heterocycles. The number of hydrogen-bond acceptors (Lipinski definition) is 5. The van der Waals surface area contributed by atoms with Crippen LogP contribution in [0.15, 0.2) is 30.9 Å². The van der Waals surface area contributed by atoms with Gasteiger partial charge in [0, 0.05) is 31.3 Å². The van der Waals surface area contributed by atoms with E-state index in [0.29, 0.717) is 17.2 Å². The maximum Gasteiger partial charge on any atom is 0.231 e. The molecule has 0 saturated heterocycles. The van der Waals surface area contributed by atoms with Crippen molar-refractivity contribution in [1.82, 2.24) is 4.31 Å². The molecule has 0 aliphatic carbocycles. The number of amides is 1. The van der Waals surface area contributed by atoms with Gasteiger partial charge in [-0.1, -0.05) is 6.08 Å². The van der Waals surface area contributed by atoms with Crippen molar-refractivity contribution < 1.29 is 22.7 Å². The van der Waals surface area contributed by atoms with E-state index in [1.165, 1.54) is 10.4 Å². The molecular formula is C14H18N2O5S. The van der Waals surface area contributed by atoms with E-state index in [9.17, 15) is 13.2 Å². The van der Waals surface area contributed by atoms with Crippen LogP contribution in [0.5, 0.6) is 11.5 Å². The predicted molar refractivity (Wildman–Crippen MR) is 82.4 cm³/mol. The van der Waals surface area contributed by atoms with Crippen LogP contribution in [0.2, 0.25) is 0 Å². The molecule has 1 heterocycles. The summed E-state index contributed by atoms with van der Waals surface area (Å²) in [5.41, 5.74) is 0.573. The zero-order valence-corrected chi connectivity index (χ0v) is 13.1. The lowest BCUT2D eigenvalue weighted by Gasteiger charge is -2.17. The highest BCUT2D eigenvalue weighted by atomic mass is 32.2. The van der Waals surface area contributed by atoms with E-state index in [1.807, 2.05) is 0 Å². The molecule has 22 heavy (non-hydrogen) atoms. The van der Waals surface area contributed by atoms with Crippen LogP contribution in [-0.2, 0) is 14.8 Å². The van der Waals surface area contributed by atoms with E-state index in [4.69, 9.17) is 9.47 Å². The van der Waals surface area contributed by atoms with Gasteiger partial charge in [0.05, 0.1) is 6.26 Å². The average molecular weight is 326 g/mol. The summed E-state index contributed by atoms with van der Waals surface area (Å²) in [4.78, 5) is 11.9. The predicted octanol–water partition coefficient (Wildman–Crippen LogP) is 1.19. The Bertz CT molecular complexity index is 672. The third kappa shape index (κ3) is 4.22. The van der Waals surface area contributed by atoms with Gasteiger partial charge in [0.25, 0.3) is 0 Å². The average Bonchev–Trinajstić information content (AvgIpc) is 2.89. The van der Waals surface area contributed by atoms with Gasteiger partial charge in [0.1, 0.15) is 0 Å². The van der Waals surface area contributed by atoms with Crippen LogP contribution < -0.4 is 14.8 Å². The van der Waals surface area contributed by atoms with E-state index in [1.54, 1.807) is 18.2 Å². The van der Waals surface area contributed by atoms with Gasteiger partial charge < -0.3 is 14.8 Å². The number of hydrogen-bond donors (Lipinski definition) is 1. The second kappa shape index (κ2) is 6.80. The number of rotatable bonds is 7. The normalized spacial score (nSPS) is 13.2. The number of sulfonamides is 1. The van der Waals surface area contributed by atoms with Crippen molar-refractivity contribution in [2.45, 2.75) is 6.42 Å². The highest BCUT2D eigenvalue weighted by molar-refractivity contribution is 7.88. The number of benzene rings is 1. The SMILES string of the molecule is C=CCN(CCC(=O)Nc1ccc2c(c1)OCO2)S(C)(=O)=O. The van der Waals surface area contributed by atoms with E-state index in [0.717, 1.165) is 6.26 Å². The molecule has 1 aromatic carbocycles. The first-order valence-electron chi connectivity index (χ1n) is 6.65. The molecule has 0 aromatic heterocycles. The molecule has 0 atom stereocenters. The largest absolute Gasteiger partial charge is 0.454 e. The van der Waals surface area contributed by atoms with Crippen molar-refractivity contribution >= 4 is 21.6 Å². The molecule has 8 heteroatoms. The standard InChI is InChI=1S/C14H18N2O5S/c1-3-7-16(22(2,18)19)8-6-14(17)15-11-4-5-12-13(9-11)21-10-20-12/h3-5,9H,1,6-8,10H2,2H3,(H,15,17). The number of carbonyl (C=O) groups excluding carboxylic acids is 1. The summed E-state index contributed by atoms with van der Waals surface area (Å²) < 4.78 is 34.7. The molecule has 1 N–H and O–H groups in total. The van der Waals surface area contributed by atoms with Crippen LogP contribution in [0.1, 0.15) is 6.42 Å². The number of fused-ring (bicyclic) bond motifs is 1. The topological polar surface area (TPSA) is 84.9 Å². The van der Waals surface area contributed by atoms with Gasteiger partial charge in [-0.15, -0.1) is 6.58 Å². The minimum absolute atomic E-state index is 0.0509. The molecule has 7 nitrogen and oxygen atoms in total. The summed E-state index contributed by atoms with van der Waals surface area (Å²) >= 11 is 0. The maximum absolute atomic E-state index is 11.9. The molecule has 2 rings (SSSR count). The summed E-state index contributed by atoms with van der Waals surface area (Å²) in [6.45, 7) is 3.95. The lowest BCUT2D eigenvalue weighted by Crippen LogP contribution is -2.33. The Hall–Kier alpha value is -2.06. The summed E-state index contributed by atoms with van der Waals surface area (Å²) in [5, 5.41) is 2.70. The van der Waals surface area contributed by atoms with Gasteiger partial charge in [-0.3, -0.25) is 4.79 Å². The first-order chi connectivity index (χ1) is 10.4. The first-order valence-corrected chi connectivity index (χ1v) is 8.50. The Kier molecular flexibility index (Phi) is 5.04. The van der Waals surface area contributed by atoms with Crippen molar-refractivity contribution in [3.05, 3.63) is 30.9 Å². The summed E-state index contributed by atoms with van der Waals surface area (Å²) in [6.07, 6.45) is 2.64. The van der Waals surface area contributed by atoms with Crippen LogP contribution >= 0.6 is 0 Å². The van der Waals surface area contributed by atoms with Gasteiger partial charge in [0.15, 0.2) is 11.5 Å². The molecule has 1 aliphatic rings. The zero-order valence-electron chi connectivity index (χ0n) is 12.2. The van der Waals surface area contributed by atoms with E-state index in [2.05, 4.69) is 11.9 Å². The Morgan fingerprint density at radius 2 is 2.14 bits per heavy atom. The molecule has 0 bridgehead atoms. The fraction of sp³-hybridized carbons (Fsp3) is 0.357. The van der Waals surface area contributed by atoms with Crippen LogP contribution in [0, 0.1) is 0 Å². The number of ether oxygens (including phenoxy) is 2. The molecule has 0 saturated carbocycles. The number of nitrogens with one attached hydrogen (secondary N) is 1. The van der Waals surface area contributed by atoms with Crippen LogP contribution in [-0.4, -0.2) is 44.8 Å². The van der Waals surface area contributed by atoms with Crippen LogP contribution in [0.4, 0.5) is 5.69 Å². The molecule has 1 amide bonds. The van der Waals surface area contributed by atoms with Gasteiger partial charge in [0.2, 0.25) is 22.7 Å². The highest BCUT2D eigenvalue weighted by Gasteiger charge is 2.17. The van der Waals surface area contributed by atoms with E-state index >= 15 is 0 Å². The minimum atomic E-state index is -3.36. The van der Waals surface area contributed by atoms with Crippen LogP contribution in [0.25, 0.3) is 0 Å². The van der Waals surface area contributed by atoms with Gasteiger partial charge in [-0.25, -0.2) is 8.42 Å². The van der Waals surface area contributed by atoms with E-state index in [-0.39, 0.29) is 32.2 Å². The zero-order chi connectivity index (χ0) is 16.2. The summed E-state index contributed by atoms with van der Waals surface area (Å²) in [5.74, 6) is 0.922. The third-order valence-corrected chi connectivity index (χ3v) is 4.32. The van der Waals surface area contributed by atoms with Crippen LogP contribution in [0.3, 0.4) is 0 Å². The number of carbonyl (C=O) groups is 1. The smallest absolute Gasteiger partial charge is 0.231 e. The van der Waals surface area contributed by atoms with Gasteiger partial charge in [-0.05, 0) is 12.1 Å². The minimum Gasteiger partial charge on any atom is -0.454 e. The van der Waals surface area contributed by atoms with E-state index < -0.39 is 10.0 Å². The van der Waals surface area contributed by atoms with Crippen molar-refractivity contribution in [2.75, 3.05) is 31.5 Å². The summed E-state index contributed by atoms with van der Waals surface area (Å²) in [6, 6.07) is 5.07. The fourth-order valence-corrected chi connectivity index (χ4v) is 2.76. The molecular weight excluding hydrogens is 308 g/mol. The van der Waals surface area contributed by atoms with Gasteiger partial charge >= 0.3 is 0 Å². The Morgan fingerprint density at radius 1 is 1.41 bits per heavy atom. The molecule has 120 valence electrons. The Balaban J connectivity index is 1.91. The van der Waals surface area contributed by atoms with Crippen molar-refractivity contribution in [3.63, 3.8) is 0 Å². The Morgan fingerprint density at radius 3 is 2.82 bits per heavy atom. The lowest BCUT2D eigenvalue weighted by molar-refractivity contribution is -0.116. The van der Waals surface area contributed by atoms with Crippen molar-refractivity contribution in [3.8, 4) is 11.5 Å². The fourth-order valence-electron chi connectivity index (χ4n) is 1.96. The van der Waals surface area contributed by atoms with Gasteiger partial charge in [-0.2, -0.15) is 4.31 Å². The monoisotopic (exact) mass is 326 g/mol. The van der Waals surface area contributed by atoms with Crippen molar-refractivity contribution in [1.29, 1.82) is 0 Å². The molecule has 0 radical (unpaired) electrons. The number of anilines is 1. The molecule has 1 aromatic rings. The first kappa shape index (κ1) is 16.3. The second-order valence-electron chi connectivity index (χ2n) is 4.78. The lowest BCUT2D eigenvalue weighted by atomic mass is 10.2. The molecule has 0 unspecified atom stereocenters. The summed E-state index contributed by atoms with van der Waals surface area (Å²) in [7, 11) is -3.36.